The first kappa shape index (κ1) is 20.6. The molecule has 160 valence electrons. The summed E-state index contributed by atoms with van der Waals surface area (Å²) in [5.41, 5.74) is -0.520. The maximum absolute atomic E-state index is 13.2. The molecular formula is C21H27N5O3S. The van der Waals surface area contributed by atoms with Gasteiger partial charge in [-0.1, -0.05) is 18.9 Å². The van der Waals surface area contributed by atoms with Crippen molar-refractivity contribution in [2.75, 3.05) is 6.54 Å². The van der Waals surface area contributed by atoms with Crippen LogP contribution < -0.4 is 10.6 Å². The Morgan fingerprint density at radius 2 is 2.10 bits per heavy atom. The van der Waals surface area contributed by atoms with E-state index in [-0.39, 0.29) is 36.0 Å². The van der Waals surface area contributed by atoms with Crippen molar-refractivity contribution >= 4 is 29.1 Å². The first-order valence-corrected chi connectivity index (χ1v) is 11.3. The molecule has 0 unspecified atom stereocenters. The molecule has 30 heavy (non-hydrogen) atoms. The smallest absolute Gasteiger partial charge is 0.273 e. The maximum atomic E-state index is 13.2. The molecule has 0 spiro atoms. The summed E-state index contributed by atoms with van der Waals surface area (Å²) in [6, 6.07) is 5.56. The largest absolute Gasteiger partial charge is 0.351 e. The third kappa shape index (κ3) is 3.74. The zero-order valence-electron chi connectivity index (χ0n) is 17.3. The number of carbonyl (C=O) groups is 3. The van der Waals surface area contributed by atoms with E-state index in [1.807, 2.05) is 24.4 Å². The number of hydrogen-bond acceptors (Lipinski definition) is 5. The van der Waals surface area contributed by atoms with Crippen molar-refractivity contribution in [1.82, 2.24) is 25.3 Å². The molecule has 3 heterocycles. The van der Waals surface area contributed by atoms with Gasteiger partial charge >= 0.3 is 0 Å². The fourth-order valence-corrected chi connectivity index (χ4v) is 4.97. The average Bonchev–Trinajstić information content (AvgIpc) is 3.48. The SMILES string of the molecule is CCN1C(=O)c2cc(C(=O)NCc3cccs3)nn2C[C@]1(C)C(=O)NC1CCCC1. The maximum Gasteiger partial charge on any atom is 0.273 e. The van der Waals surface area contributed by atoms with Gasteiger partial charge in [0.25, 0.3) is 11.8 Å². The number of amides is 3. The normalized spacial score (nSPS) is 21.5. The second-order valence-electron chi connectivity index (χ2n) is 8.11. The summed E-state index contributed by atoms with van der Waals surface area (Å²) in [4.78, 5) is 41.5. The summed E-state index contributed by atoms with van der Waals surface area (Å²) in [5.74, 6) is -0.773. The van der Waals surface area contributed by atoms with Gasteiger partial charge in [-0.15, -0.1) is 11.3 Å². The number of aromatic nitrogens is 2. The number of fused-ring (bicyclic) bond motifs is 1. The highest BCUT2D eigenvalue weighted by Crippen LogP contribution is 2.28. The van der Waals surface area contributed by atoms with E-state index in [0.717, 1.165) is 30.6 Å². The second kappa shape index (κ2) is 8.22. The summed E-state index contributed by atoms with van der Waals surface area (Å²) < 4.78 is 1.50. The number of hydrogen-bond donors (Lipinski definition) is 2. The van der Waals surface area contributed by atoms with Crippen LogP contribution in [-0.4, -0.2) is 50.5 Å². The van der Waals surface area contributed by atoms with E-state index >= 15 is 0 Å². The number of rotatable bonds is 6. The van der Waals surface area contributed by atoms with E-state index in [1.54, 1.807) is 23.2 Å². The van der Waals surface area contributed by atoms with Crippen molar-refractivity contribution in [3.8, 4) is 0 Å². The van der Waals surface area contributed by atoms with Crippen molar-refractivity contribution in [2.45, 2.75) is 64.2 Å². The molecule has 1 aliphatic carbocycles. The number of thiophene rings is 1. The van der Waals surface area contributed by atoms with Crippen molar-refractivity contribution < 1.29 is 14.4 Å². The molecule has 1 aliphatic heterocycles. The van der Waals surface area contributed by atoms with Crippen molar-refractivity contribution in [3.05, 3.63) is 39.8 Å². The van der Waals surface area contributed by atoms with Crippen LogP contribution in [0.3, 0.4) is 0 Å². The molecule has 1 fully saturated rings. The van der Waals surface area contributed by atoms with E-state index < -0.39 is 5.54 Å². The summed E-state index contributed by atoms with van der Waals surface area (Å²) >= 11 is 1.56. The number of carbonyl (C=O) groups excluding carboxylic acids is 3. The molecule has 9 heteroatoms. The van der Waals surface area contributed by atoms with Gasteiger partial charge in [0.15, 0.2) is 5.69 Å². The monoisotopic (exact) mass is 429 g/mol. The second-order valence-corrected chi connectivity index (χ2v) is 9.14. The van der Waals surface area contributed by atoms with Gasteiger partial charge in [0.1, 0.15) is 11.2 Å². The quantitative estimate of drug-likeness (QED) is 0.736. The zero-order chi connectivity index (χ0) is 21.3. The van der Waals surface area contributed by atoms with Gasteiger partial charge in [-0.25, -0.2) is 0 Å². The molecule has 1 atom stereocenters. The lowest BCUT2D eigenvalue weighted by atomic mass is 9.94. The van der Waals surface area contributed by atoms with Gasteiger partial charge in [-0.2, -0.15) is 5.10 Å². The Balaban J connectivity index is 1.54. The van der Waals surface area contributed by atoms with Crippen LogP contribution in [0.2, 0.25) is 0 Å². The Labute approximate surface area is 179 Å². The topological polar surface area (TPSA) is 96.3 Å². The Morgan fingerprint density at radius 3 is 2.77 bits per heavy atom. The van der Waals surface area contributed by atoms with Gasteiger partial charge < -0.3 is 15.5 Å². The molecule has 2 aromatic heterocycles. The zero-order valence-corrected chi connectivity index (χ0v) is 18.1. The molecule has 8 nitrogen and oxygen atoms in total. The highest BCUT2D eigenvalue weighted by molar-refractivity contribution is 7.09. The van der Waals surface area contributed by atoms with Crippen LogP contribution in [0, 0.1) is 0 Å². The van der Waals surface area contributed by atoms with Crippen LogP contribution in [0.1, 0.15) is 65.4 Å². The molecular weight excluding hydrogens is 402 g/mol. The standard InChI is InChI=1S/C21H27N5O3S/c1-3-25-19(28)17-11-16(18(27)22-12-15-9-6-10-30-15)24-26(17)13-21(25,2)20(29)23-14-7-4-5-8-14/h6,9-11,14H,3-5,7-8,12-13H2,1-2H3,(H,22,27)(H,23,29)/t21-/m1/s1. The highest BCUT2D eigenvalue weighted by Gasteiger charge is 2.48. The molecule has 4 rings (SSSR count). The van der Waals surface area contributed by atoms with Crippen LogP contribution in [0.15, 0.2) is 23.6 Å². The Morgan fingerprint density at radius 1 is 1.33 bits per heavy atom. The lowest BCUT2D eigenvalue weighted by Gasteiger charge is -2.43. The number of likely N-dealkylation sites (N-methyl/N-ethyl adjacent to an activating group) is 1. The Kier molecular flexibility index (Phi) is 5.64. The summed E-state index contributed by atoms with van der Waals surface area (Å²) in [5, 5.41) is 12.3. The van der Waals surface area contributed by atoms with E-state index in [9.17, 15) is 14.4 Å². The molecule has 0 aromatic carbocycles. The van der Waals surface area contributed by atoms with Crippen LogP contribution in [0.4, 0.5) is 0 Å². The number of nitrogens with one attached hydrogen (secondary N) is 2. The first-order valence-electron chi connectivity index (χ1n) is 10.4. The molecule has 1 saturated carbocycles. The van der Waals surface area contributed by atoms with Gasteiger partial charge in [0.2, 0.25) is 5.91 Å². The van der Waals surface area contributed by atoms with Crippen LogP contribution >= 0.6 is 11.3 Å². The predicted octanol–water partition coefficient (Wildman–Crippen LogP) is 2.17. The molecule has 2 aromatic rings. The van der Waals surface area contributed by atoms with Gasteiger partial charge in [-0.05, 0) is 38.1 Å². The van der Waals surface area contributed by atoms with E-state index in [2.05, 4.69) is 15.7 Å². The summed E-state index contributed by atoms with van der Waals surface area (Å²) in [6.45, 7) is 4.67. The highest BCUT2D eigenvalue weighted by atomic mass is 32.1. The third-order valence-electron chi connectivity index (χ3n) is 6.03. The molecule has 0 saturated heterocycles. The van der Waals surface area contributed by atoms with Crippen LogP contribution in [0.25, 0.3) is 0 Å². The van der Waals surface area contributed by atoms with Gasteiger partial charge in [-0.3, -0.25) is 19.1 Å². The minimum atomic E-state index is -1.04. The number of nitrogens with zero attached hydrogens (tertiary/aromatic N) is 3. The van der Waals surface area contributed by atoms with Crippen molar-refractivity contribution in [2.24, 2.45) is 0 Å². The molecule has 3 amide bonds. The van der Waals surface area contributed by atoms with Gasteiger partial charge in [0, 0.05) is 23.5 Å². The van der Waals surface area contributed by atoms with E-state index in [0.29, 0.717) is 18.8 Å². The molecule has 2 aliphatic rings. The minimum absolute atomic E-state index is 0.158. The molecule has 2 N–H and O–H groups in total. The van der Waals surface area contributed by atoms with E-state index in [4.69, 9.17) is 0 Å². The van der Waals surface area contributed by atoms with Crippen molar-refractivity contribution in [1.29, 1.82) is 0 Å². The lowest BCUT2D eigenvalue weighted by Crippen LogP contribution is -2.64. The predicted molar refractivity (Wildman–Crippen MR) is 113 cm³/mol. The molecule has 0 radical (unpaired) electrons. The van der Waals surface area contributed by atoms with E-state index in [1.165, 1.54) is 10.7 Å². The van der Waals surface area contributed by atoms with Crippen LogP contribution in [-0.2, 0) is 17.9 Å². The van der Waals surface area contributed by atoms with Crippen LogP contribution in [0.5, 0.6) is 0 Å². The van der Waals surface area contributed by atoms with Crippen molar-refractivity contribution in [3.63, 3.8) is 0 Å². The average molecular weight is 430 g/mol. The minimum Gasteiger partial charge on any atom is -0.351 e. The third-order valence-corrected chi connectivity index (χ3v) is 6.91. The van der Waals surface area contributed by atoms with Gasteiger partial charge in [0.05, 0.1) is 13.1 Å². The fraction of sp³-hybridized carbons (Fsp3) is 0.524. The Bertz CT molecular complexity index is 948. The fourth-order valence-electron chi connectivity index (χ4n) is 4.33. The summed E-state index contributed by atoms with van der Waals surface area (Å²) in [7, 11) is 0. The molecule has 0 bridgehead atoms. The lowest BCUT2D eigenvalue weighted by molar-refractivity contribution is -0.133. The first-order chi connectivity index (χ1) is 14.4. The Hall–Kier alpha value is -2.68. The summed E-state index contributed by atoms with van der Waals surface area (Å²) in [6.07, 6.45) is 4.18.